The average Bonchev–Trinajstić information content (AvgIpc) is 1.82. The van der Waals surface area contributed by atoms with Crippen molar-refractivity contribution in [1.29, 1.82) is 5.26 Å². The van der Waals surface area contributed by atoms with E-state index in [0.29, 0.717) is 11.8 Å². The molecule has 9 heavy (non-hydrogen) atoms. The molecule has 0 amide bonds. The molecular formula is C8H11N. The Morgan fingerprint density at radius 1 is 1.56 bits per heavy atom. The first-order valence-corrected chi connectivity index (χ1v) is 3.41. The molecule has 0 radical (unpaired) electrons. The Hall–Kier alpha value is -0.770. The van der Waals surface area contributed by atoms with Crippen molar-refractivity contribution in [3.8, 4) is 6.07 Å². The third-order valence-electron chi connectivity index (χ3n) is 1.93. The summed E-state index contributed by atoms with van der Waals surface area (Å²) in [6, 6.07) is 2.29. The minimum atomic E-state index is 0.321. The van der Waals surface area contributed by atoms with Gasteiger partial charge in [0.2, 0.25) is 0 Å². The highest BCUT2D eigenvalue weighted by atomic mass is 14.4. The molecule has 1 aliphatic rings. The van der Waals surface area contributed by atoms with E-state index in [2.05, 4.69) is 12.1 Å². The van der Waals surface area contributed by atoms with Crippen LogP contribution < -0.4 is 0 Å². The van der Waals surface area contributed by atoms with Crippen LogP contribution in [0.2, 0.25) is 0 Å². The highest BCUT2D eigenvalue weighted by Gasteiger charge is 2.27. The molecule has 0 heterocycles. The number of nitriles is 1. The maximum Gasteiger partial charge on any atom is 0.0661 e. The van der Waals surface area contributed by atoms with Gasteiger partial charge in [0.1, 0.15) is 0 Å². The van der Waals surface area contributed by atoms with Gasteiger partial charge in [0.05, 0.1) is 12.0 Å². The number of hydrogen-bond acceptors (Lipinski definition) is 1. The van der Waals surface area contributed by atoms with E-state index in [9.17, 15) is 0 Å². The summed E-state index contributed by atoms with van der Waals surface area (Å²) < 4.78 is 0. The molecule has 0 spiro atoms. The van der Waals surface area contributed by atoms with Crippen molar-refractivity contribution < 1.29 is 0 Å². The molecule has 1 fully saturated rings. The molecule has 1 rings (SSSR count). The molecule has 1 aliphatic carbocycles. The molecule has 0 unspecified atom stereocenters. The molecule has 0 aliphatic heterocycles. The monoisotopic (exact) mass is 121 g/mol. The zero-order valence-electron chi connectivity index (χ0n) is 5.67. The highest BCUT2D eigenvalue weighted by Crippen LogP contribution is 2.34. The Morgan fingerprint density at radius 3 is 2.67 bits per heavy atom. The van der Waals surface area contributed by atoms with Crippen LogP contribution in [0.25, 0.3) is 0 Å². The van der Waals surface area contributed by atoms with Crippen LogP contribution in [0.3, 0.4) is 0 Å². The van der Waals surface area contributed by atoms with Crippen LogP contribution in [0.4, 0.5) is 0 Å². The number of rotatable bonds is 1. The molecule has 48 valence electrons. The fraction of sp³-hybridized carbons (Fsp3) is 0.625. The number of nitrogens with zero attached hydrogens (tertiary/aromatic N) is 1. The highest BCUT2D eigenvalue weighted by molar-refractivity contribution is 5.04. The van der Waals surface area contributed by atoms with Gasteiger partial charge in [-0.05, 0) is 25.7 Å². The quantitative estimate of drug-likeness (QED) is 0.487. The van der Waals surface area contributed by atoms with Gasteiger partial charge >= 0.3 is 0 Å². The fourth-order valence-electron chi connectivity index (χ4n) is 1.16. The molecule has 0 bridgehead atoms. The van der Waals surface area contributed by atoms with Crippen LogP contribution in [0, 0.1) is 23.2 Å². The van der Waals surface area contributed by atoms with E-state index in [1.807, 2.05) is 13.0 Å². The van der Waals surface area contributed by atoms with Crippen molar-refractivity contribution in [3.63, 3.8) is 0 Å². The largest absolute Gasteiger partial charge is 0.198 e. The minimum absolute atomic E-state index is 0.321. The van der Waals surface area contributed by atoms with Gasteiger partial charge in [0, 0.05) is 0 Å². The van der Waals surface area contributed by atoms with E-state index in [-0.39, 0.29) is 0 Å². The van der Waals surface area contributed by atoms with Crippen LogP contribution >= 0.6 is 0 Å². The summed E-state index contributed by atoms with van der Waals surface area (Å²) in [7, 11) is 0. The standard InChI is InChI=1S/C8H11N/c1-2-3-7-4-5-8(7)6-9/h2-3,7-8H,4-5H2,1H3/b3-2+/t7-,8-/m0/s1. The SMILES string of the molecule is C/C=C/[C@H]1CC[C@H]1C#N. The van der Waals surface area contributed by atoms with Crippen LogP contribution in [-0.2, 0) is 0 Å². The van der Waals surface area contributed by atoms with Crippen LogP contribution in [0.1, 0.15) is 19.8 Å². The molecular weight excluding hydrogens is 110 g/mol. The molecule has 0 N–H and O–H groups in total. The predicted octanol–water partition coefficient (Wildman–Crippen LogP) is 2.11. The topological polar surface area (TPSA) is 23.8 Å². The molecule has 1 nitrogen and oxygen atoms in total. The van der Waals surface area contributed by atoms with E-state index in [4.69, 9.17) is 5.26 Å². The summed E-state index contributed by atoms with van der Waals surface area (Å²) in [4.78, 5) is 0. The second kappa shape index (κ2) is 2.68. The summed E-state index contributed by atoms with van der Waals surface area (Å²) >= 11 is 0. The van der Waals surface area contributed by atoms with Crippen molar-refractivity contribution in [2.24, 2.45) is 11.8 Å². The zero-order valence-corrected chi connectivity index (χ0v) is 5.67. The first-order chi connectivity index (χ1) is 4.38. The van der Waals surface area contributed by atoms with E-state index in [1.165, 1.54) is 6.42 Å². The Bertz CT molecular complexity index is 152. The summed E-state index contributed by atoms with van der Waals surface area (Å²) in [6.45, 7) is 2.01. The Balaban J connectivity index is 2.38. The lowest BCUT2D eigenvalue weighted by atomic mass is 9.74. The van der Waals surface area contributed by atoms with Crippen molar-refractivity contribution in [1.82, 2.24) is 0 Å². The van der Waals surface area contributed by atoms with Gasteiger partial charge in [-0.2, -0.15) is 5.26 Å². The van der Waals surface area contributed by atoms with E-state index >= 15 is 0 Å². The average molecular weight is 121 g/mol. The lowest BCUT2D eigenvalue weighted by Crippen LogP contribution is -2.21. The maximum absolute atomic E-state index is 8.50. The first kappa shape index (κ1) is 6.35. The molecule has 0 saturated heterocycles. The van der Waals surface area contributed by atoms with Gasteiger partial charge in [0.25, 0.3) is 0 Å². The van der Waals surface area contributed by atoms with Crippen LogP contribution in [-0.4, -0.2) is 0 Å². The number of allylic oxidation sites excluding steroid dienone is 2. The van der Waals surface area contributed by atoms with Crippen molar-refractivity contribution in [2.75, 3.05) is 0 Å². The molecule has 2 atom stereocenters. The summed E-state index contributed by atoms with van der Waals surface area (Å²) in [5.41, 5.74) is 0. The third-order valence-corrected chi connectivity index (χ3v) is 1.93. The first-order valence-electron chi connectivity index (χ1n) is 3.41. The lowest BCUT2D eigenvalue weighted by Gasteiger charge is -2.28. The van der Waals surface area contributed by atoms with Crippen molar-refractivity contribution in [3.05, 3.63) is 12.2 Å². The van der Waals surface area contributed by atoms with Crippen molar-refractivity contribution >= 4 is 0 Å². The molecule has 1 saturated carbocycles. The predicted molar refractivity (Wildman–Crippen MR) is 36.6 cm³/mol. The fourth-order valence-corrected chi connectivity index (χ4v) is 1.16. The Morgan fingerprint density at radius 2 is 2.33 bits per heavy atom. The molecule has 0 aromatic carbocycles. The lowest BCUT2D eigenvalue weighted by molar-refractivity contribution is 0.294. The van der Waals surface area contributed by atoms with E-state index in [0.717, 1.165) is 6.42 Å². The summed E-state index contributed by atoms with van der Waals surface area (Å²) in [5.74, 6) is 0.890. The van der Waals surface area contributed by atoms with Crippen LogP contribution in [0.15, 0.2) is 12.2 Å². The van der Waals surface area contributed by atoms with E-state index in [1.54, 1.807) is 0 Å². The van der Waals surface area contributed by atoms with Gasteiger partial charge in [-0.15, -0.1) is 0 Å². The Kier molecular flexibility index (Phi) is 1.89. The normalized spacial score (nSPS) is 33.8. The van der Waals surface area contributed by atoms with Crippen molar-refractivity contribution in [2.45, 2.75) is 19.8 Å². The second-order valence-corrected chi connectivity index (χ2v) is 2.50. The van der Waals surface area contributed by atoms with Gasteiger partial charge in [-0.1, -0.05) is 12.2 Å². The summed E-state index contributed by atoms with van der Waals surface area (Å²) in [6.07, 6.45) is 6.49. The minimum Gasteiger partial charge on any atom is -0.198 e. The molecule has 1 heteroatoms. The second-order valence-electron chi connectivity index (χ2n) is 2.50. The van der Waals surface area contributed by atoms with Gasteiger partial charge in [-0.25, -0.2) is 0 Å². The van der Waals surface area contributed by atoms with E-state index < -0.39 is 0 Å². The van der Waals surface area contributed by atoms with Gasteiger partial charge < -0.3 is 0 Å². The smallest absolute Gasteiger partial charge is 0.0661 e. The molecule has 0 aromatic heterocycles. The zero-order chi connectivity index (χ0) is 6.69. The number of hydrogen-bond donors (Lipinski definition) is 0. The van der Waals surface area contributed by atoms with Crippen LogP contribution in [0.5, 0.6) is 0 Å². The van der Waals surface area contributed by atoms with Gasteiger partial charge in [0.15, 0.2) is 0 Å². The Labute approximate surface area is 56.0 Å². The molecule has 0 aromatic rings. The van der Waals surface area contributed by atoms with Gasteiger partial charge in [-0.3, -0.25) is 0 Å². The third kappa shape index (κ3) is 1.13. The maximum atomic E-state index is 8.50. The summed E-state index contributed by atoms with van der Waals surface area (Å²) in [5, 5.41) is 8.50.